The summed E-state index contributed by atoms with van der Waals surface area (Å²) in [6, 6.07) is 7.89. The van der Waals surface area contributed by atoms with E-state index in [0.29, 0.717) is 0 Å². The van der Waals surface area contributed by atoms with E-state index >= 15 is 0 Å². The van der Waals surface area contributed by atoms with Crippen molar-refractivity contribution in [3.05, 3.63) is 42.9 Å². The Hall–Kier alpha value is -1.06. The van der Waals surface area contributed by atoms with Gasteiger partial charge in [-0.1, -0.05) is 6.07 Å². The van der Waals surface area contributed by atoms with Crippen LogP contribution in [0.4, 0.5) is 0 Å². The first-order valence-electron chi connectivity index (χ1n) is 3.51. The molecule has 12 heavy (non-hydrogen) atoms. The van der Waals surface area contributed by atoms with Crippen molar-refractivity contribution in [3.63, 3.8) is 0 Å². The zero-order valence-electron chi connectivity index (χ0n) is 6.32. The van der Waals surface area contributed by atoms with Gasteiger partial charge in [-0.05, 0) is 18.2 Å². The van der Waals surface area contributed by atoms with E-state index in [-0.39, 0.29) is 16.8 Å². The van der Waals surface area contributed by atoms with Gasteiger partial charge in [-0.3, -0.25) is 4.98 Å². The Labute approximate surface area is 81.2 Å². The number of aromatic nitrogens is 2. The van der Waals surface area contributed by atoms with Gasteiger partial charge in [0.1, 0.15) is 0 Å². The maximum Gasteiger partial charge on any atom is 0.0717 e. The van der Waals surface area contributed by atoms with Crippen molar-refractivity contribution < 1.29 is 16.8 Å². The van der Waals surface area contributed by atoms with Gasteiger partial charge < -0.3 is 4.98 Å². The molecule has 0 saturated heterocycles. The van der Waals surface area contributed by atoms with E-state index < -0.39 is 0 Å². The minimum atomic E-state index is 0. The van der Waals surface area contributed by atoms with Crippen LogP contribution in [0, 0.1) is 0 Å². The molecule has 0 amide bonds. The van der Waals surface area contributed by atoms with Crippen molar-refractivity contribution >= 4 is 0 Å². The zero-order valence-corrected chi connectivity index (χ0v) is 7.36. The van der Waals surface area contributed by atoms with Gasteiger partial charge in [-0.15, -0.1) is 0 Å². The second kappa shape index (κ2) is 4.09. The Morgan fingerprint density at radius 3 is 2.67 bits per heavy atom. The summed E-state index contributed by atoms with van der Waals surface area (Å²) in [4.78, 5) is 7.19. The van der Waals surface area contributed by atoms with Crippen molar-refractivity contribution in [1.82, 2.24) is 9.97 Å². The third-order valence-electron chi connectivity index (χ3n) is 1.56. The van der Waals surface area contributed by atoms with Crippen molar-refractivity contribution in [2.45, 2.75) is 0 Å². The molecule has 2 heterocycles. The summed E-state index contributed by atoms with van der Waals surface area (Å²) in [6.07, 6.45) is 5.62. The molecule has 0 atom stereocenters. The Morgan fingerprint density at radius 1 is 1.17 bits per heavy atom. The zero-order chi connectivity index (χ0) is 7.52. The number of H-pyrrole nitrogens is 1. The number of rotatable bonds is 1. The van der Waals surface area contributed by atoms with Crippen LogP contribution < -0.4 is 0 Å². The predicted octanol–water partition coefficient (Wildman–Crippen LogP) is 2.07. The molecular weight excluding hydrogens is 195 g/mol. The van der Waals surface area contributed by atoms with Gasteiger partial charge in [0, 0.05) is 40.9 Å². The van der Waals surface area contributed by atoms with Crippen LogP contribution in [0.5, 0.6) is 0 Å². The van der Waals surface area contributed by atoms with Gasteiger partial charge in [0.15, 0.2) is 0 Å². The van der Waals surface area contributed by atoms with Crippen molar-refractivity contribution in [2.24, 2.45) is 0 Å². The third-order valence-corrected chi connectivity index (χ3v) is 1.56. The first kappa shape index (κ1) is 9.03. The second-order valence-electron chi connectivity index (χ2n) is 2.31. The smallest absolute Gasteiger partial charge is 0.0717 e. The molecule has 2 rings (SSSR count). The molecule has 0 fully saturated rings. The number of pyridine rings is 1. The van der Waals surface area contributed by atoms with Crippen LogP contribution >= 0.6 is 0 Å². The molecule has 2 nitrogen and oxygen atoms in total. The molecular formula is C9H8CoN2. The normalized spacial score (nSPS) is 9.00. The minimum absolute atomic E-state index is 0. The van der Waals surface area contributed by atoms with Gasteiger partial charge in [-0.25, -0.2) is 0 Å². The summed E-state index contributed by atoms with van der Waals surface area (Å²) in [5, 5.41) is 0. The monoisotopic (exact) mass is 203 g/mol. The van der Waals surface area contributed by atoms with Crippen LogP contribution in [0.25, 0.3) is 11.3 Å². The molecule has 0 saturated carbocycles. The number of nitrogens with zero attached hydrogens (tertiary/aromatic N) is 1. The number of nitrogens with one attached hydrogen (secondary N) is 1. The molecule has 1 N–H and O–H groups in total. The second-order valence-corrected chi connectivity index (χ2v) is 2.31. The molecule has 0 spiro atoms. The van der Waals surface area contributed by atoms with Gasteiger partial charge in [0.25, 0.3) is 0 Å². The number of hydrogen-bond acceptors (Lipinski definition) is 1. The van der Waals surface area contributed by atoms with Gasteiger partial charge >= 0.3 is 0 Å². The molecule has 0 aromatic carbocycles. The van der Waals surface area contributed by atoms with E-state index in [9.17, 15) is 0 Å². The average molecular weight is 203 g/mol. The molecule has 0 aliphatic rings. The molecule has 63 valence electrons. The Balaban J connectivity index is 0.000000720. The summed E-state index contributed by atoms with van der Waals surface area (Å²) in [5.41, 5.74) is 2.14. The molecule has 0 aliphatic heterocycles. The first-order chi connectivity index (χ1) is 5.47. The van der Waals surface area contributed by atoms with Crippen LogP contribution in [-0.2, 0) is 16.8 Å². The van der Waals surface area contributed by atoms with Crippen LogP contribution in [-0.4, -0.2) is 9.97 Å². The van der Waals surface area contributed by atoms with Crippen LogP contribution in [0.15, 0.2) is 42.9 Å². The summed E-state index contributed by atoms with van der Waals surface area (Å²) < 4.78 is 0. The average Bonchev–Trinajstić information content (AvgIpc) is 2.58. The maximum atomic E-state index is 4.20. The largest absolute Gasteiger partial charge is 0.367 e. The van der Waals surface area contributed by atoms with Crippen LogP contribution in [0.1, 0.15) is 0 Å². The molecule has 0 aliphatic carbocycles. The van der Waals surface area contributed by atoms with E-state index in [1.54, 1.807) is 6.20 Å². The standard InChI is InChI=1S/C9H8N2.Co/c1-2-5-11-9(3-1)8-4-6-10-7-8;/h1-7,10H;. The topological polar surface area (TPSA) is 28.7 Å². The molecule has 0 unspecified atom stereocenters. The Bertz CT molecular complexity index is 316. The van der Waals surface area contributed by atoms with Gasteiger partial charge in [0.05, 0.1) is 5.69 Å². The fraction of sp³-hybridized carbons (Fsp3) is 0. The van der Waals surface area contributed by atoms with E-state index in [0.717, 1.165) is 11.3 Å². The van der Waals surface area contributed by atoms with Crippen molar-refractivity contribution in [3.8, 4) is 11.3 Å². The molecule has 1 radical (unpaired) electrons. The van der Waals surface area contributed by atoms with Gasteiger partial charge in [-0.2, -0.15) is 0 Å². The van der Waals surface area contributed by atoms with E-state index in [1.807, 2.05) is 36.7 Å². The number of aromatic amines is 1. The summed E-state index contributed by atoms with van der Waals surface area (Å²) in [5.74, 6) is 0. The molecule has 3 heteroatoms. The molecule has 2 aromatic heterocycles. The predicted molar refractivity (Wildman–Crippen MR) is 44.0 cm³/mol. The SMILES string of the molecule is [Co].c1ccc(-c2cc[nH]c2)nc1. The number of hydrogen-bond donors (Lipinski definition) is 1. The fourth-order valence-corrected chi connectivity index (χ4v) is 1.02. The Kier molecular flexibility index (Phi) is 3.07. The van der Waals surface area contributed by atoms with E-state index in [1.165, 1.54) is 0 Å². The Morgan fingerprint density at radius 2 is 2.08 bits per heavy atom. The fourth-order valence-electron chi connectivity index (χ4n) is 1.02. The van der Waals surface area contributed by atoms with Crippen molar-refractivity contribution in [2.75, 3.05) is 0 Å². The summed E-state index contributed by atoms with van der Waals surface area (Å²) in [7, 11) is 0. The van der Waals surface area contributed by atoms with Gasteiger partial charge in [0.2, 0.25) is 0 Å². The van der Waals surface area contributed by atoms with E-state index in [2.05, 4.69) is 9.97 Å². The molecule has 2 aromatic rings. The minimum Gasteiger partial charge on any atom is -0.367 e. The first-order valence-corrected chi connectivity index (χ1v) is 3.51. The van der Waals surface area contributed by atoms with Crippen LogP contribution in [0.3, 0.4) is 0 Å². The quantitative estimate of drug-likeness (QED) is 0.755. The maximum absolute atomic E-state index is 4.20. The molecule has 0 bridgehead atoms. The summed E-state index contributed by atoms with van der Waals surface area (Å²) in [6.45, 7) is 0. The van der Waals surface area contributed by atoms with E-state index in [4.69, 9.17) is 0 Å². The summed E-state index contributed by atoms with van der Waals surface area (Å²) >= 11 is 0. The van der Waals surface area contributed by atoms with Crippen molar-refractivity contribution in [1.29, 1.82) is 0 Å². The van der Waals surface area contributed by atoms with Crippen LogP contribution in [0.2, 0.25) is 0 Å². The third kappa shape index (κ3) is 1.75.